The van der Waals surface area contributed by atoms with Gasteiger partial charge in [0, 0.05) is 38.3 Å². The number of methoxy groups -OCH3 is 3. The van der Waals surface area contributed by atoms with Gasteiger partial charge in [0.2, 0.25) is 0 Å². The maximum atomic E-state index is 13.0. The maximum Gasteiger partial charge on any atom is 0.414 e. The van der Waals surface area contributed by atoms with Gasteiger partial charge in [-0.2, -0.15) is 0 Å². The van der Waals surface area contributed by atoms with Crippen molar-refractivity contribution in [2.45, 2.75) is 6.54 Å². The Hall–Kier alpha value is -3.79. The third kappa shape index (κ3) is 6.84. The van der Waals surface area contributed by atoms with Crippen LogP contribution < -0.4 is 14.2 Å². The summed E-state index contributed by atoms with van der Waals surface area (Å²) >= 11 is 0. The third-order valence-electron chi connectivity index (χ3n) is 5.06. The lowest BCUT2D eigenvalue weighted by Crippen LogP contribution is -2.48. The lowest BCUT2D eigenvalue weighted by molar-refractivity contribution is -0.159. The summed E-state index contributed by atoms with van der Waals surface area (Å²) in [5.74, 6) is -1.72. The molecule has 10 nitrogen and oxygen atoms in total. The normalized spacial score (nSPS) is 13.4. The molecule has 2 aromatic carbocycles. The van der Waals surface area contributed by atoms with Crippen LogP contribution in [0.15, 0.2) is 42.5 Å². The Balaban J connectivity index is 0.000000569. The largest absolute Gasteiger partial charge is 0.496 e. The topological polar surface area (TPSA) is 126 Å². The van der Waals surface area contributed by atoms with Gasteiger partial charge in [0.25, 0.3) is 5.91 Å². The fraction of sp³-hybridized carbons (Fsp3) is 0.348. The van der Waals surface area contributed by atoms with Crippen LogP contribution in [0.5, 0.6) is 17.2 Å². The molecule has 0 atom stereocenters. The summed E-state index contributed by atoms with van der Waals surface area (Å²) in [7, 11) is 4.82. The van der Waals surface area contributed by atoms with Gasteiger partial charge in [-0.15, -0.1) is 0 Å². The zero-order valence-electron chi connectivity index (χ0n) is 18.8. The number of carboxylic acid groups (broad SMARTS) is 2. The molecule has 2 N–H and O–H groups in total. The van der Waals surface area contributed by atoms with E-state index in [1.54, 1.807) is 33.5 Å². The number of carboxylic acids is 2. The fourth-order valence-corrected chi connectivity index (χ4v) is 3.41. The van der Waals surface area contributed by atoms with Crippen molar-refractivity contribution in [3.05, 3.63) is 53.6 Å². The second kappa shape index (κ2) is 12.3. The van der Waals surface area contributed by atoms with Gasteiger partial charge in [0.05, 0.1) is 26.9 Å². The van der Waals surface area contributed by atoms with E-state index >= 15 is 0 Å². The molecule has 0 spiro atoms. The molecular weight excluding hydrogens is 432 g/mol. The molecule has 1 fully saturated rings. The fourth-order valence-electron chi connectivity index (χ4n) is 3.41. The lowest BCUT2D eigenvalue weighted by atomic mass is 10.1. The number of rotatable bonds is 6. The predicted molar refractivity (Wildman–Crippen MR) is 119 cm³/mol. The number of aliphatic carboxylic acids is 2. The number of carbonyl (C=O) groups is 3. The molecule has 2 aromatic rings. The summed E-state index contributed by atoms with van der Waals surface area (Å²) in [4.78, 5) is 35.4. The van der Waals surface area contributed by atoms with Crippen molar-refractivity contribution in [2.24, 2.45) is 0 Å². The molecule has 10 heteroatoms. The van der Waals surface area contributed by atoms with Crippen LogP contribution in [0.3, 0.4) is 0 Å². The van der Waals surface area contributed by atoms with Crippen LogP contribution in [0.1, 0.15) is 15.9 Å². The first-order chi connectivity index (χ1) is 15.8. The monoisotopic (exact) mass is 460 g/mol. The number of carbonyl (C=O) groups excluding carboxylic acids is 1. The van der Waals surface area contributed by atoms with E-state index < -0.39 is 11.9 Å². The minimum Gasteiger partial charge on any atom is -0.496 e. The Morgan fingerprint density at radius 3 is 1.91 bits per heavy atom. The van der Waals surface area contributed by atoms with E-state index in [0.717, 1.165) is 30.9 Å². The molecule has 0 aromatic heterocycles. The van der Waals surface area contributed by atoms with Crippen molar-refractivity contribution in [3.8, 4) is 17.2 Å². The molecule has 0 aliphatic carbocycles. The molecule has 0 unspecified atom stereocenters. The maximum absolute atomic E-state index is 13.0. The summed E-state index contributed by atoms with van der Waals surface area (Å²) in [6.07, 6.45) is 0. The molecule has 1 aliphatic rings. The van der Waals surface area contributed by atoms with Crippen LogP contribution in [0, 0.1) is 0 Å². The Morgan fingerprint density at radius 1 is 0.788 bits per heavy atom. The number of amides is 1. The van der Waals surface area contributed by atoms with Crippen LogP contribution in [-0.2, 0) is 16.1 Å². The Morgan fingerprint density at radius 2 is 1.36 bits per heavy atom. The molecule has 178 valence electrons. The Labute approximate surface area is 191 Å². The van der Waals surface area contributed by atoms with Gasteiger partial charge in [-0.1, -0.05) is 24.3 Å². The summed E-state index contributed by atoms with van der Waals surface area (Å²) in [6.45, 7) is 3.80. The summed E-state index contributed by atoms with van der Waals surface area (Å²) in [5, 5.41) is 14.8. The van der Waals surface area contributed by atoms with Crippen LogP contribution >= 0.6 is 0 Å². The first-order valence-corrected chi connectivity index (χ1v) is 10.1. The van der Waals surface area contributed by atoms with E-state index in [2.05, 4.69) is 11.0 Å². The number of ether oxygens (including phenoxy) is 3. The van der Waals surface area contributed by atoms with E-state index in [4.69, 9.17) is 34.0 Å². The molecule has 0 bridgehead atoms. The van der Waals surface area contributed by atoms with Crippen molar-refractivity contribution >= 4 is 17.8 Å². The number of hydrogen-bond donors (Lipinski definition) is 2. The zero-order valence-corrected chi connectivity index (χ0v) is 18.8. The van der Waals surface area contributed by atoms with Crippen molar-refractivity contribution < 1.29 is 38.8 Å². The van der Waals surface area contributed by atoms with E-state index in [9.17, 15) is 4.79 Å². The highest BCUT2D eigenvalue weighted by atomic mass is 16.5. The Kier molecular flexibility index (Phi) is 9.49. The van der Waals surface area contributed by atoms with Crippen molar-refractivity contribution in [1.82, 2.24) is 9.80 Å². The van der Waals surface area contributed by atoms with Crippen LogP contribution in [0.4, 0.5) is 0 Å². The van der Waals surface area contributed by atoms with Gasteiger partial charge >= 0.3 is 11.9 Å². The minimum absolute atomic E-state index is 0.0253. The van der Waals surface area contributed by atoms with Crippen LogP contribution in [-0.4, -0.2) is 85.4 Å². The number of piperazine rings is 1. The minimum atomic E-state index is -1.82. The first kappa shape index (κ1) is 25.5. The second-order valence-electron chi connectivity index (χ2n) is 7.03. The molecule has 1 aliphatic heterocycles. The molecule has 3 rings (SSSR count). The van der Waals surface area contributed by atoms with E-state index in [1.165, 1.54) is 0 Å². The smallest absolute Gasteiger partial charge is 0.414 e. The highest BCUT2D eigenvalue weighted by Crippen LogP contribution is 2.31. The standard InChI is InChI=1S/C21H26N2O4.C2H2O4/c1-25-18-9-5-4-7-16(18)15-22-11-13-23(14-12-22)21(24)17-8-6-10-19(26-2)20(17)27-3;3-1(4)2(5)6/h4-10H,11-15H2,1-3H3;(H,3,4)(H,5,6). The number of hydrogen-bond acceptors (Lipinski definition) is 7. The predicted octanol–water partition coefficient (Wildman–Crippen LogP) is 1.83. The zero-order chi connectivity index (χ0) is 24.4. The van der Waals surface area contributed by atoms with Gasteiger partial charge < -0.3 is 29.3 Å². The highest BCUT2D eigenvalue weighted by molar-refractivity contribution is 6.27. The second-order valence-corrected chi connectivity index (χ2v) is 7.03. The number of nitrogens with zero attached hydrogens (tertiary/aromatic N) is 2. The van der Waals surface area contributed by atoms with Crippen molar-refractivity contribution in [2.75, 3.05) is 47.5 Å². The highest BCUT2D eigenvalue weighted by Gasteiger charge is 2.26. The molecule has 33 heavy (non-hydrogen) atoms. The molecule has 1 heterocycles. The summed E-state index contributed by atoms with van der Waals surface area (Å²) < 4.78 is 16.1. The van der Waals surface area contributed by atoms with E-state index in [1.807, 2.05) is 29.2 Å². The van der Waals surface area contributed by atoms with Crippen LogP contribution in [0.25, 0.3) is 0 Å². The van der Waals surface area contributed by atoms with E-state index in [0.29, 0.717) is 30.2 Å². The van der Waals surface area contributed by atoms with Crippen molar-refractivity contribution in [3.63, 3.8) is 0 Å². The number of para-hydroxylation sites is 2. The van der Waals surface area contributed by atoms with Crippen LogP contribution in [0.2, 0.25) is 0 Å². The van der Waals surface area contributed by atoms with Gasteiger partial charge in [0.15, 0.2) is 11.5 Å². The third-order valence-corrected chi connectivity index (χ3v) is 5.06. The first-order valence-electron chi connectivity index (χ1n) is 10.1. The SMILES string of the molecule is COc1ccccc1CN1CCN(C(=O)c2cccc(OC)c2OC)CC1.O=C(O)C(=O)O. The summed E-state index contributed by atoms with van der Waals surface area (Å²) in [5.41, 5.74) is 1.70. The quantitative estimate of drug-likeness (QED) is 0.621. The summed E-state index contributed by atoms with van der Waals surface area (Å²) in [6, 6.07) is 13.4. The van der Waals surface area contributed by atoms with Gasteiger partial charge in [-0.05, 0) is 18.2 Å². The molecular formula is C23H28N2O8. The average molecular weight is 460 g/mol. The van der Waals surface area contributed by atoms with E-state index in [-0.39, 0.29) is 5.91 Å². The molecule has 1 saturated heterocycles. The lowest BCUT2D eigenvalue weighted by Gasteiger charge is -2.35. The molecule has 0 radical (unpaired) electrons. The molecule has 1 amide bonds. The van der Waals surface area contributed by atoms with Gasteiger partial charge in [-0.3, -0.25) is 9.69 Å². The van der Waals surface area contributed by atoms with Gasteiger partial charge in [-0.25, -0.2) is 9.59 Å². The van der Waals surface area contributed by atoms with Gasteiger partial charge in [0.1, 0.15) is 5.75 Å². The molecule has 0 saturated carbocycles. The Bertz CT molecular complexity index is 959. The average Bonchev–Trinajstić information content (AvgIpc) is 2.84. The van der Waals surface area contributed by atoms with Crippen molar-refractivity contribution in [1.29, 1.82) is 0 Å². The number of benzene rings is 2.